The number of Topliss-reactive ketones (excluding diaryl/α,β-unsaturated/α-hetero) is 1. The van der Waals surface area contributed by atoms with Gasteiger partial charge < -0.3 is 14.2 Å². The largest absolute Gasteiger partial charge is 0.497 e. The van der Waals surface area contributed by atoms with Crippen LogP contribution in [-0.2, 0) is 22.7 Å². The lowest BCUT2D eigenvalue weighted by atomic mass is 9.84. The highest BCUT2D eigenvalue weighted by Crippen LogP contribution is 2.41. The molecule has 1 aromatic heterocycles. The molecular formula is C35H41N3O6Si. The third-order valence-corrected chi connectivity index (χ3v) is 10.2. The number of carbonyl (C=O) groups is 2. The molecule has 4 aromatic rings. The van der Waals surface area contributed by atoms with Crippen molar-refractivity contribution >= 4 is 30.7 Å². The van der Waals surface area contributed by atoms with Gasteiger partial charge in [-0.1, -0.05) is 48.6 Å². The predicted octanol–water partition coefficient (Wildman–Crippen LogP) is 6.09. The molecule has 3 atom stereocenters. The number of esters is 1. The average Bonchev–Trinajstić information content (AvgIpc) is 3.44. The van der Waals surface area contributed by atoms with Gasteiger partial charge in [0.05, 0.1) is 31.6 Å². The molecule has 1 aliphatic carbocycles. The van der Waals surface area contributed by atoms with Crippen molar-refractivity contribution in [2.75, 3.05) is 13.7 Å². The van der Waals surface area contributed by atoms with Crippen molar-refractivity contribution in [3.05, 3.63) is 93.8 Å². The minimum Gasteiger partial charge on any atom is -0.497 e. The van der Waals surface area contributed by atoms with Crippen molar-refractivity contribution in [1.29, 1.82) is 0 Å². The molecule has 236 valence electrons. The zero-order valence-corrected chi connectivity index (χ0v) is 27.6. The standard InChI is InChI=1S/C35H41N3O6Si/c1-23-9-16-31-30(19-23)34(40)38(37-36-31)21-26-12-15-29(32(26)35(41)43-17-18-45(3,4)5)33(39)25-10-13-27(14-11-25)44-22-24-7-6-8-28(20-24)42-2/h6-11,13-14,16,19-20,26,29,32H,12,15,17-18,21-22H2,1-5H3/t26-,29-,32-/m0/s1. The summed E-state index contributed by atoms with van der Waals surface area (Å²) in [6.45, 7) is 9.46. The molecular weight excluding hydrogens is 586 g/mol. The van der Waals surface area contributed by atoms with Gasteiger partial charge in [0.15, 0.2) is 5.78 Å². The molecule has 0 unspecified atom stereocenters. The zero-order valence-electron chi connectivity index (χ0n) is 26.6. The smallest absolute Gasteiger partial charge is 0.310 e. The highest BCUT2D eigenvalue weighted by atomic mass is 28.3. The van der Waals surface area contributed by atoms with Crippen LogP contribution in [0.5, 0.6) is 11.5 Å². The first-order valence-electron chi connectivity index (χ1n) is 15.4. The van der Waals surface area contributed by atoms with E-state index in [2.05, 4.69) is 30.0 Å². The molecule has 0 amide bonds. The fourth-order valence-electron chi connectivity index (χ4n) is 5.88. The minimum absolute atomic E-state index is 0.114. The van der Waals surface area contributed by atoms with Crippen LogP contribution in [0, 0.1) is 24.7 Å². The maximum atomic E-state index is 13.9. The maximum absolute atomic E-state index is 13.9. The molecule has 1 heterocycles. The van der Waals surface area contributed by atoms with E-state index >= 15 is 0 Å². The third-order valence-electron chi connectivity index (χ3n) is 8.46. The molecule has 1 saturated carbocycles. The molecule has 0 spiro atoms. The molecule has 0 radical (unpaired) electrons. The second-order valence-corrected chi connectivity index (χ2v) is 18.7. The number of fused-ring (bicyclic) bond motifs is 1. The van der Waals surface area contributed by atoms with Gasteiger partial charge in [0, 0.05) is 19.6 Å². The summed E-state index contributed by atoms with van der Waals surface area (Å²) in [6.07, 6.45) is 1.10. The van der Waals surface area contributed by atoms with Gasteiger partial charge in [-0.05, 0) is 85.8 Å². The predicted molar refractivity (Wildman–Crippen MR) is 175 cm³/mol. The van der Waals surface area contributed by atoms with Gasteiger partial charge in [0.2, 0.25) is 0 Å². The Bertz CT molecular complexity index is 1730. The van der Waals surface area contributed by atoms with Crippen LogP contribution in [0.15, 0.2) is 71.5 Å². The molecule has 0 aliphatic heterocycles. The van der Waals surface area contributed by atoms with E-state index in [1.807, 2.05) is 37.3 Å². The third kappa shape index (κ3) is 7.86. The highest BCUT2D eigenvalue weighted by molar-refractivity contribution is 6.76. The second-order valence-electron chi connectivity index (χ2n) is 13.1. The molecule has 1 aliphatic rings. The van der Waals surface area contributed by atoms with Gasteiger partial charge in [-0.15, -0.1) is 5.10 Å². The topological polar surface area (TPSA) is 110 Å². The summed E-state index contributed by atoms with van der Waals surface area (Å²) in [7, 11) is 0.187. The zero-order chi connectivity index (χ0) is 32.1. The number of carbonyl (C=O) groups excluding carboxylic acids is 2. The lowest BCUT2D eigenvalue weighted by molar-refractivity contribution is -0.150. The Morgan fingerprint density at radius 3 is 2.49 bits per heavy atom. The Kier molecular flexibility index (Phi) is 9.82. The average molecular weight is 628 g/mol. The Morgan fingerprint density at radius 2 is 1.76 bits per heavy atom. The summed E-state index contributed by atoms with van der Waals surface area (Å²) >= 11 is 0. The van der Waals surface area contributed by atoms with Crippen molar-refractivity contribution in [3.8, 4) is 11.5 Å². The number of benzene rings is 3. The van der Waals surface area contributed by atoms with Crippen LogP contribution in [0.3, 0.4) is 0 Å². The van der Waals surface area contributed by atoms with Crippen molar-refractivity contribution in [2.45, 2.75) is 58.6 Å². The molecule has 1 fully saturated rings. The summed E-state index contributed by atoms with van der Waals surface area (Å²) in [5, 5.41) is 8.90. The van der Waals surface area contributed by atoms with E-state index in [4.69, 9.17) is 14.2 Å². The van der Waals surface area contributed by atoms with Crippen LogP contribution in [0.25, 0.3) is 10.9 Å². The number of ketones is 1. The number of ether oxygens (including phenoxy) is 3. The number of nitrogens with zero attached hydrogens (tertiary/aromatic N) is 3. The number of rotatable bonds is 12. The number of methoxy groups -OCH3 is 1. The van der Waals surface area contributed by atoms with Gasteiger partial charge in [-0.3, -0.25) is 14.4 Å². The number of aromatic nitrogens is 3. The second kappa shape index (κ2) is 13.8. The Labute approximate surface area is 264 Å². The normalized spacial score (nSPS) is 18.1. The van der Waals surface area contributed by atoms with E-state index < -0.39 is 19.9 Å². The monoisotopic (exact) mass is 627 g/mol. The van der Waals surface area contributed by atoms with Gasteiger partial charge >= 0.3 is 5.97 Å². The first-order valence-corrected chi connectivity index (χ1v) is 19.1. The van der Waals surface area contributed by atoms with E-state index in [1.54, 1.807) is 43.5 Å². The quantitative estimate of drug-likeness (QED) is 0.105. The first kappa shape index (κ1) is 32.1. The minimum atomic E-state index is -1.44. The van der Waals surface area contributed by atoms with Crippen LogP contribution in [0.4, 0.5) is 0 Å². The van der Waals surface area contributed by atoms with Gasteiger partial charge in [-0.2, -0.15) is 0 Å². The molecule has 45 heavy (non-hydrogen) atoms. The fraction of sp³-hybridized carbons (Fsp3) is 0.400. The number of hydrogen-bond donors (Lipinski definition) is 0. The molecule has 5 rings (SSSR count). The van der Waals surface area contributed by atoms with Gasteiger partial charge in [-0.25, -0.2) is 4.68 Å². The fourth-order valence-corrected chi connectivity index (χ4v) is 6.60. The Morgan fingerprint density at radius 1 is 0.978 bits per heavy atom. The van der Waals surface area contributed by atoms with E-state index in [-0.39, 0.29) is 29.8 Å². The summed E-state index contributed by atoms with van der Waals surface area (Å²) < 4.78 is 18.3. The van der Waals surface area contributed by atoms with Crippen molar-refractivity contribution < 1.29 is 23.8 Å². The van der Waals surface area contributed by atoms with Crippen molar-refractivity contribution in [3.63, 3.8) is 0 Å². The van der Waals surface area contributed by atoms with Crippen LogP contribution in [0.2, 0.25) is 25.7 Å². The van der Waals surface area contributed by atoms with E-state index in [0.717, 1.165) is 22.9 Å². The maximum Gasteiger partial charge on any atom is 0.310 e. The summed E-state index contributed by atoms with van der Waals surface area (Å²) in [6, 6.07) is 21.0. The lowest BCUT2D eigenvalue weighted by Gasteiger charge is -2.24. The number of aryl methyl sites for hydroxylation is 1. The molecule has 0 bridgehead atoms. The lowest BCUT2D eigenvalue weighted by Crippen LogP contribution is -2.36. The molecule has 3 aromatic carbocycles. The van der Waals surface area contributed by atoms with Crippen LogP contribution >= 0.6 is 0 Å². The molecule has 0 N–H and O–H groups in total. The number of hydrogen-bond acceptors (Lipinski definition) is 8. The Balaban J connectivity index is 1.33. The van der Waals surface area contributed by atoms with Crippen LogP contribution < -0.4 is 15.0 Å². The van der Waals surface area contributed by atoms with E-state index in [1.165, 1.54) is 4.68 Å². The molecule has 9 nitrogen and oxygen atoms in total. The van der Waals surface area contributed by atoms with E-state index in [9.17, 15) is 14.4 Å². The summed E-state index contributed by atoms with van der Waals surface area (Å²) in [5.41, 5.74) is 2.69. The molecule has 0 saturated heterocycles. The van der Waals surface area contributed by atoms with Gasteiger partial charge in [0.1, 0.15) is 23.6 Å². The molecule has 10 heteroatoms. The SMILES string of the molecule is COc1cccc(COc2ccc(C(=O)[C@H]3CC[C@@H](Cn4nnc5ccc(C)cc5c4=O)[C@@H]3C(=O)OCC[Si](C)(C)C)cc2)c1. The highest BCUT2D eigenvalue weighted by Gasteiger charge is 2.46. The first-order chi connectivity index (χ1) is 21.5. The van der Waals surface area contributed by atoms with E-state index in [0.29, 0.717) is 48.3 Å². The van der Waals surface area contributed by atoms with Crippen LogP contribution in [0.1, 0.15) is 34.3 Å². The van der Waals surface area contributed by atoms with Crippen molar-refractivity contribution in [1.82, 2.24) is 15.0 Å². The summed E-state index contributed by atoms with van der Waals surface area (Å²) in [5.74, 6) is -0.660. The van der Waals surface area contributed by atoms with Gasteiger partial charge in [0.25, 0.3) is 5.56 Å². The van der Waals surface area contributed by atoms with Crippen molar-refractivity contribution in [2.24, 2.45) is 17.8 Å². The van der Waals surface area contributed by atoms with Crippen LogP contribution in [-0.4, -0.2) is 48.5 Å². The Hall–Kier alpha value is -4.31. The summed E-state index contributed by atoms with van der Waals surface area (Å²) in [4.78, 5) is 40.8.